The van der Waals surface area contributed by atoms with Gasteiger partial charge in [0.2, 0.25) is 0 Å². The Morgan fingerprint density at radius 3 is 3.06 bits per heavy atom. The Morgan fingerprint density at radius 2 is 2.29 bits per heavy atom. The lowest BCUT2D eigenvalue weighted by atomic mass is 10.0. The van der Waals surface area contributed by atoms with Crippen LogP contribution >= 0.6 is 0 Å². The van der Waals surface area contributed by atoms with Gasteiger partial charge in [0, 0.05) is 36.4 Å². The van der Waals surface area contributed by atoms with Gasteiger partial charge in [-0.05, 0) is 25.5 Å². The van der Waals surface area contributed by atoms with Crippen LogP contribution in [0.5, 0.6) is 0 Å². The van der Waals surface area contributed by atoms with E-state index >= 15 is 0 Å². The van der Waals surface area contributed by atoms with Gasteiger partial charge >= 0.3 is 0 Å². The average molecular weight is 228 g/mol. The highest BCUT2D eigenvalue weighted by Gasteiger charge is 2.13. The van der Waals surface area contributed by atoms with E-state index in [1.807, 2.05) is 18.6 Å². The van der Waals surface area contributed by atoms with Gasteiger partial charge in [0.15, 0.2) is 0 Å². The minimum Gasteiger partial charge on any atom is -0.313 e. The van der Waals surface area contributed by atoms with Crippen LogP contribution in [0.15, 0.2) is 24.7 Å². The van der Waals surface area contributed by atoms with E-state index in [1.165, 1.54) is 16.7 Å². The number of aromatic nitrogens is 3. The Morgan fingerprint density at radius 1 is 1.35 bits per heavy atom. The first-order valence-corrected chi connectivity index (χ1v) is 6.10. The summed E-state index contributed by atoms with van der Waals surface area (Å²) in [5, 5.41) is 8.87. The number of pyridine rings is 1. The van der Waals surface area contributed by atoms with Crippen molar-refractivity contribution < 1.29 is 0 Å². The first-order chi connectivity index (χ1) is 8.40. The Kier molecular flexibility index (Phi) is 2.65. The highest BCUT2D eigenvalue weighted by molar-refractivity contribution is 5.90. The number of hydrogen-bond donors (Lipinski definition) is 1. The highest BCUT2D eigenvalue weighted by Crippen LogP contribution is 2.26. The first kappa shape index (κ1) is 10.5. The van der Waals surface area contributed by atoms with Gasteiger partial charge in [-0.1, -0.05) is 6.08 Å². The molecule has 3 rings (SSSR count). The van der Waals surface area contributed by atoms with Gasteiger partial charge in [-0.25, -0.2) is 0 Å². The van der Waals surface area contributed by atoms with E-state index in [2.05, 4.69) is 33.1 Å². The fourth-order valence-electron chi connectivity index (χ4n) is 2.38. The molecule has 1 N–H and O–H groups in total. The van der Waals surface area contributed by atoms with E-state index in [-0.39, 0.29) is 0 Å². The number of hydrogen-bond acceptors (Lipinski definition) is 3. The maximum atomic E-state index is 4.40. The molecular weight excluding hydrogens is 212 g/mol. The normalized spacial score (nSPS) is 16.2. The van der Waals surface area contributed by atoms with Crippen molar-refractivity contribution in [3.8, 4) is 0 Å². The fraction of sp³-hybridized carbons (Fsp3) is 0.385. The van der Waals surface area contributed by atoms with Crippen LogP contribution in [-0.2, 0) is 6.54 Å². The Labute approximate surface area is 100 Å². The molecule has 0 atom stereocenters. The maximum Gasteiger partial charge on any atom is 0.0788 e. The van der Waals surface area contributed by atoms with Gasteiger partial charge < -0.3 is 5.32 Å². The van der Waals surface area contributed by atoms with Crippen LogP contribution in [0.4, 0.5) is 0 Å². The summed E-state index contributed by atoms with van der Waals surface area (Å²) in [4.78, 5) is 4.32. The molecular formula is C13H16N4. The number of fused-ring (bicyclic) bond motifs is 1. The number of aryl methyl sites for hydroxylation is 1. The quantitative estimate of drug-likeness (QED) is 0.852. The van der Waals surface area contributed by atoms with E-state index in [1.54, 1.807) is 0 Å². The van der Waals surface area contributed by atoms with E-state index in [0.717, 1.165) is 31.4 Å². The average Bonchev–Trinajstić information content (AvgIpc) is 2.82. The van der Waals surface area contributed by atoms with Crippen LogP contribution < -0.4 is 5.32 Å². The molecule has 0 radical (unpaired) electrons. The predicted octanol–water partition coefficient (Wildman–Crippen LogP) is 1.83. The van der Waals surface area contributed by atoms with E-state index in [9.17, 15) is 0 Å². The van der Waals surface area contributed by atoms with E-state index in [0.29, 0.717) is 0 Å². The van der Waals surface area contributed by atoms with Gasteiger partial charge in [0.25, 0.3) is 0 Å². The second kappa shape index (κ2) is 4.30. The topological polar surface area (TPSA) is 42.7 Å². The Hall–Kier alpha value is -1.68. The molecule has 0 amide bonds. The largest absolute Gasteiger partial charge is 0.313 e. The molecule has 88 valence electrons. The number of rotatable bonds is 2. The summed E-state index contributed by atoms with van der Waals surface area (Å²) in [6.45, 7) is 5.01. The Bertz CT molecular complexity index is 568. The van der Waals surface area contributed by atoms with Gasteiger partial charge in [0.05, 0.1) is 11.7 Å². The van der Waals surface area contributed by atoms with Crippen LogP contribution in [0.25, 0.3) is 16.5 Å². The molecule has 1 aliphatic rings. The third-order valence-electron chi connectivity index (χ3n) is 3.25. The molecule has 17 heavy (non-hydrogen) atoms. The standard InChI is InChI=1S/C13H16N4/c1-2-17-13-11(8-16-17)7-15-9-12(13)10-3-5-14-6-4-10/h3,7-9,14H,2,4-6H2,1H3. The fourth-order valence-corrected chi connectivity index (χ4v) is 2.38. The second-order valence-corrected chi connectivity index (χ2v) is 4.27. The molecule has 0 spiro atoms. The molecule has 0 aliphatic carbocycles. The molecule has 0 unspecified atom stereocenters. The molecule has 0 bridgehead atoms. The summed E-state index contributed by atoms with van der Waals surface area (Å²) in [7, 11) is 0. The molecule has 0 fully saturated rings. The minimum atomic E-state index is 0.895. The van der Waals surface area contributed by atoms with Crippen LogP contribution in [0.3, 0.4) is 0 Å². The van der Waals surface area contributed by atoms with Gasteiger partial charge in [-0.3, -0.25) is 9.67 Å². The monoisotopic (exact) mass is 228 g/mol. The van der Waals surface area contributed by atoms with Gasteiger partial charge in [-0.15, -0.1) is 0 Å². The van der Waals surface area contributed by atoms with Gasteiger partial charge in [0.1, 0.15) is 0 Å². The molecule has 0 saturated carbocycles. The summed E-state index contributed by atoms with van der Waals surface area (Å²) >= 11 is 0. The first-order valence-electron chi connectivity index (χ1n) is 6.10. The van der Waals surface area contributed by atoms with E-state index in [4.69, 9.17) is 0 Å². The summed E-state index contributed by atoms with van der Waals surface area (Å²) in [6.07, 6.45) is 9.08. The number of nitrogens with zero attached hydrogens (tertiary/aromatic N) is 3. The second-order valence-electron chi connectivity index (χ2n) is 4.27. The van der Waals surface area contributed by atoms with Crippen molar-refractivity contribution in [2.45, 2.75) is 19.9 Å². The lowest BCUT2D eigenvalue weighted by molar-refractivity contribution is 0.682. The van der Waals surface area contributed by atoms with Crippen molar-refractivity contribution in [1.29, 1.82) is 0 Å². The summed E-state index contributed by atoms with van der Waals surface area (Å²) < 4.78 is 2.05. The molecule has 1 aliphatic heterocycles. The lowest BCUT2D eigenvalue weighted by Crippen LogP contribution is -2.20. The molecule has 0 aromatic carbocycles. The molecule has 4 nitrogen and oxygen atoms in total. The van der Waals surface area contributed by atoms with Crippen LogP contribution in [0.2, 0.25) is 0 Å². The van der Waals surface area contributed by atoms with Crippen molar-refractivity contribution in [3.63, 3.8) is 0 Å². The molecule has 2 aromatic rings. The van der Waals surface area contributed by atoms with Gasteiger partial charge in [-0.2, -0.15) is 5.10 Å². The highest BCUT2D eigenvalue weighted by atomic mass is 15.3. The minimum absolute atomic E-state index is 0.895. The summed E-state index contributed by atoms with van der Waals surface area (Å²) in [5.41, 5.74) is 3.84. The summed E-state index contributed by atoms with van der Waals surface area (Å²) in [6, 6.07) is 0. The zero-order chi connectivity index (χ0) is 11.7. The Balaban J connectivity index is 2.20. The smallest absolute Gasteiger partial charge is 0.0788 e. The van der Waals surface area contributed by atoms with Crippen molar-refractivity contribution >= 4 is 16.5 Å². The van der Waals surface area contributed by atoms with Crippen molar-refractivity contribution in [2.75, 3.05) is 13.1 Å². The third-order valence-corrected chi connectivity index (χ3v) is 3.25. The third kappa shape index (κ3) is 1.74. The molecule has 0 saturated heterocycles. The molecule has 4 heteroatoms. The predicted molar refractivity (Wildman–Crippen MR) is 68.7 cm³/mol. The molecule has 2 aromatic heterocycles. The zero-order valence-corrected chi connectivity index (χ0v) is 9.98. The van der Waals surface area contributed by atoms with Crippen LogP contribution in [-0.4, -0.2) is 27.9 Å². The van der Waals surface area contributed by atoms with Crippen molar-refractivity contribution in [1.82, 2.24) is 20.1 Å². The van der Waals surface area contributed by atoms with E-state index < -0.39 is 0 Å². The summed E-state index contributed by atoms with van der Waals surface area (Å²) in [5.74, 6) is 0. The zero-order valence-electron chi connectivity index (χ0n) is 9.98. The van der Waals surface area contributed by atoms with Crippen molar-refractivity contribution in [3.05, 3.63) is 30.2 Å². The van der Waals surface area contributed by atoms with Crippen LogP contribution in [0.1, 0.15) is 18.9 Å². The van der Waals surface area contributed by atoms with Crippen LogP contribution in [0, 0.1) is 0 Å². The SMILES string of the molecule is CCn1ncc2cncc(C3=CCNCC3)c21. The maximum absolute atomic E-state index is 4.40. The number of nitrogens with one attached hydrogen (secondary N) is 1. The van der Waals surface area contributed by atoms with Crippen molar-refractivity contribution in [2.24, 2.45) is 0 Å². The lowest BCUT2D eigenvalue weighted by Gasteiger charge is -2.15. The molecule has 3 heterocycles.